The van der Waals surface area contributed by atoms with E-state index in [2.05, 4.69) is 36.9 Å². The second kappa shape index (κ2) is 13.9. The lowest BCUT2D eigenvalue weighted by atomic mass is 9.86. The third-order valence-corrected chi connectivity index (χ3v) is 8.64. The maximum Gasteiger partial charge on any atom is 0.410 e. The number of hydrogen-bond donors (Lipinski definition) is 1. The van der Waals surface area contributed by atoms with Crippen LogP contribution in [0.5, 0.6) is 5.75 Å². The molecule has 4 rings (SSSR count). The van der Waals surface area contributed by atoms with E-state index in [0.29, 0.717) is 13.0 Å². The van der Waals surface area contributed by atoms with Crippen molar-refractivity contribution in [2.24, 2.45) is 5.92 Å². The van der Waals surface area contributed by atoms with E-state index in [9.17, 15) is 14.7 Å². The smallest absolute Gasteiger partial charge is 0.410 e. The van der Waals surface area contributed by atoms with Crippen LogP contribution >= 0.6 is 0 Å². The zero-order chi connectivity index (χ0) is 32.2. The largest absolute Gasteiger partial charge is 0.490 e. The summed E-state index contributed by atoms with van der Waals surface area (Å²) in [4.78, 5) is 32.1. The molecule has 1 saturated carbocycles. The van der Waals surface area contributed by atoms with Gasteiger partial charge in [0.2, 0.25) is 5.91 Å². The molecule has 2 amide bonds. The van der Waals surface area contributed by atoms with E-state index in [4.69, 9.17) is 9.47 Å². The van der Waals surface area contributed by atoms with E-state index in [1.54, 1.807) is 0 Å². The van der Waals surface area contributed by atoms with Gasteiger partial charge in [-0.3, -0.25) is 9.69 Å². The van der Waals surface area contributed by atoms with Crippen LogP contribution in [-0.4, -0.2) is 76.9 Å². The van der Waals surface area contributed by atoms with E-state index in [-0.39, 0.29) is 30.1 Å². The first-order valence-electron chi connectivity index (χ1n) is 16.1. The van der Waals surface area contributed by atoms with Gasteiger partial charge in [-0.1, -0.05) is 18.2 Å². The summed E-state index contributed by atoms with van der Waals surface area (Å²) in [5.41, 5.74) is 3.10. The van der Waals surface area contributed by atoms with E-state index in [0.717, 1.165) is 67.9 Å². The average Bonchev–Trinajstić information content (AvgIpc) is 2.92. The van der Waals surface area contributed by atoms with Crippen molar-refractivity contribution in [3.8, 4) is 5.75 Å². The molecular weight excluding hydrogens is 554 g/mol. The van der Waals surface area contributed by atoms with Gasteiger partial charge >= 0.3 is 6.09 Å². The minimum Gasteiger partial charge on any atom is -0.490 e. The van der Waals surface area contributed by atoms with Crippen LogP contribution in [0.15, 0.2) is 42.5 Å². The number of aliphatic hydroxyl groups is 1. The molecule has 1 N–H and O–H groups in total. The van der Waals surface area contributed by atoms with Crippen LogP contribution in [-0.2, 0) is 22.5 Å². The van der Waals surface area contributed by atoms with Crippen LogP contribution in [0, 0.1) is 12.8 Å². The predicted molar refractivity (Wildman–Crippen MR) is 175 cm³/mol. The Morgan fingerprint density at radius 1 is 1.00 bits per heavy atom. The first-order valence-corrected chi connectivity index (χ1v) is 16.1. The lowest BCUT2D eigenvalue weighted by molar-refractivity contribution is -0.123. The van der Waals surface area contributed by atoms with Crippen LogP contribution in [0.1, 0.15) is 83.9 Å². The third kappa shape index (κ3) is 9.45. The Hall–Kier alpha value is -3.10. The van der Waals surface area contributed by atoms with Crippen molar-refractivity contribution in [2.75, 3.05) is 31.6 Å². The Bertz CT molecular complexity index is 1290. The molecule has 0 spiro atoms. The van der Waals surface area contributed by atoms with Gasteiger partial charge in [0.25, 0.3) is 0 Å². The van der Waals surface area contributed by atoms with Gasteiger partial charge in [-0.25, -0.2) is 4.79 Å². The molecule has 8 nitrogen and oxygen atoms in total. The summed E-state index contributed by atoms with van der Waals surface area (Å²) in [5, 5.41) is 10.2. The van der Waals surface area contributed by atoms with Crippen LogP contribution in [0.2, 0.25) is 0 Å². The van der Waals surface area contributed by atoms with E-state index < -0.39 is 11.2 Å². The summed E-state index contributed by atoms with van der Waals surface area (Å²) >= 11 is 0. The molecule has 0 bridgehead atoms. The number of carbonyl (C=O) groups is 2. The maximum atomic E-state index is 13.5. The van der Waals surface area contributed by atoms with Gasteiger partial charge in [0, 0.05) is 57.3 Å². The topological polar surface area (TPSA) is 82.6 Å². The molecule has 2 aromatic rings. The lowest BCUT2D eigenvalue weighted by Gasteiger charge is -2.40. The number of amides is 2. The monoisotopic (exact) mass is 607 g/mol. The molecule has 1 heterocycles. The van der Waals surface area contributed by atoms with Gasteiger partial charge in [0.15, 0.2) is 0 Å². The number of benzene rings is 2. The van der Waals surface area contributed by atoms with Crippen molar-refractivity contribution in [3.63, 3.8) is 0 Å². The fourth-order valence-corrected chi connectivity index (χ4v) is 6.32. The number of piperazine rings is 1. The Morgan fingerprint density at radius 3 is 2.32 bits per heavy atom. The zero-order valence-corrected chi connectivity index (χ0v) is 28.1. The standard InChI is InChI=1S/C36H53N3O5/c1-25-20-30(15-12-29(25)24-38-18-19-39(26(2)23-38)34(41)44-35(3,4)5)37(8)33(40)28-13-16-31(17-14-28)43-32-11-9-10-27(21-32)22-36(6,7)42/h9-12,15,20-21,26,28,31,42H,13-14,16-19,22-24H2,1-8H3/t26-,28?,31?/m0/s1. The first-order chi connectivity index (χ1) is 20.6. The van der Waals surface area contributed by atoms with Gasteiger partial charge in [0.1, 0.15) is 11.4 Å². The summed E-state index contributed by atoms with van der Waals surface area (Å²) in [5.74, 6) is 0.979. The molecule has 0 unspecified atom stereocenters. The van der Waals surface area contributed by atoms with E-state index in [1.165, 1.54) is 5.56 Å². The van der Waals surface area contributed by atoms with Gasteiger partial charge < -0.3 is 24.4 Å². The quantitative estimate of drug-likeness (QED) is 0.377. The fraction of sp³-hybridized carbons (Fsp3) is 0.611. The van der Waals surface area contributed by atoms with Crippen molar-refractivity contribution in [1.29, 1.82) is 0 Å². The van der Waals surface area contributed by atoms with Crippen molar-refractivity contribution < 1.29 is 24.2 Å². The Labute approximate surface area is 264 Å². The predicted octanol–water partition coefficient (Wildman–Crippen LogP) is 6.35. The molecule has 0 aromatic heterocycles. The summed E-state index contributed by atoms with van der Waals surface area (Å²) in [6, 6.07) is 14.3. The maximum absolute atomic E-state index is 13.5. The van der Waals surface area contributed by atoms with Crippen LogP contribution < -0.4 is 9.64 Å². The molecular formula is C36H53N3O5. The normalized spacial score (nSPS) is 21.6. The first kappa shape index (κ1) is 33.8. The molecule has 2 fully saturated rings. The number of ether oxygens (including phenoxy) is 2. The Kier molecular flexibility index (Phi) is 10.7. The molecule has 8 heteroatoms. The average molecular weight is 608 g/mol. The highest BCUT2D eigenvalue weighted by Gasteiger charge is 2.32. The molecule has 1 aliphatic carbocycles. The summed E-state index contributed by atoms with van der Waals surface area (Å²) in [6.45, 7) is 16.5. The molecule has 1 aliphatic heterocycles. The fourth-order valence-electron chi connectivity index (χ4n) is 6.32. The second-order valence-electron chi connectivity index (χ2n) is 14.5. The zero-order valence-electron chi connectivity index (χ0n) is 28.1. The van der Waals surface area contributed by atoms with Crippen molar-refractivity contribution in [1.82, 2.24) is 9.80 Å². The highest BCUT2D eigenvalue weighted by molar-refractivity contribution is 5.94. The number of anilines is 1. The molecule has 44 heavy (non-hydrogen) atoms. The molecule has 1 atom stereocenters. The number of nitrogens with zero attached hydrogens (tertiary/aromatic N) is 3. The SMILES string of the molecule is Cc1cc(N(C)C(=O)C2CCC(Oc3cccc(CC(C)(C)O)c3)CC2)ccc1CN1CCN(C(=O)OC(C)(C)C)[C@@H](C)C1. The number of rotatable bonds is 8. The number of carbonyl (C=O) groups excluding carboxylic acids is 2. The molecule has 242 valence electrons. The molecule has 2 aromatic carbocycles. The Balaban J connectivity index is 1.27. The summed E-state index contributed by atoms with van der Waals surface area (Å²) < 4.78 is 11.9. The van der Waals surface area contributed by atoms with E-state index >= 15 is 0 Å². The van der Waals surface area contributed by atoms with E-state index in [1.807, 2.05) is 75.7 Å². The van der Waals surface area contributed by atoms with Gasteiger partial charge in [-0.2, -0.15) is 0 Å². The van der Waals surface area contributed by atoms with Crippen molar-refractivity contribution >= 4 is 17.7 Å². The van der Waals surface area contributed by atoms with Crippen LogP contribution in [0.3, 0.4) is 0 Å². The minimum atomic E-state index is -0.763. The molecule has 0 radical (unpaired) electrons. The third-order valence-electron chi connectivity index (χ3n) is 8.64. The number of hydrogen-bond acceptors (Lipinski definition) is 6. The molecule has 1 saturated heterocycles. The van der Waals surface area contributed by atoms with Crippen LogP contribution in [0.4, 0.5) is 10.5 Å². The summed E-state index contributed by atoms with van der Waals surface area (Å²) in [7, 11) is 1.88. The van der Waals surface area contributed by atoms with Gasteiger partial charge in [0.05, 0.1) is 11.7 Å². The summed E-state index contributed by atoms with van der Waals surface area (Å²) in [6.07, 6.45) is 3.73. The molecule has 2 aliphatic rings. The van der Waals surface area contributed by atoms with Crippen LogP contribution in [0.25, 0.3) is 0 Å². The lowest BCUT2D eigenvalue weighted by Crippen LogP contribution is -2.54. The highest BCUT2D eigenvalue weighted by Crippen LogP contribution is 2.31. The minimum absolute atomic E-state index is 0.0101. The van der Waals surface area contributed by atoms with Gasteiger partial charge in [-0.05, 0) is 115 Å². The second-order valence-corrected chi connectivity index (χ2v) is 14.5. The van der Waals surface area contributed by atoms with Crippen molar-refractivity contribution in [2.45, 2.75) is 110 Å². The number of aryl methyl sites for hydroxylation is 1. The Morgan fingerprint density at radius 2 is 1.70 bits per heavy atom. The van der Waals surface area contributed by atoms with Gasteiger partial charge in [-0.15, -0.1) is 0 Å². The van der Waals surface area contributed by atoms with Crippen molar-refractivity contribution in [3.05, 3.63) is 59.2 Å². The highest BCUT2D eigenvalue weighted by atomic mass is 16.6.